The average molecular weight is 308 g/mol. The molecule has 0 nitrogen and oxygen atoms in total. The first-order valence-electron chi connectivity index (χ1n) is 8.53. The average Bonchev–Trinajstić information content (AvgIpc) is 2.69. The van der Waals surface area contributed by atoms with Gasteiger partial charge in [0.1, 0.15) is 0 Å². The van der Waals surface area contributed by atoms with Crippen LogP contribution in [-0.4, -0.2) is 0 Å². The fourth-order valence-electron chi connectivity index (χ4n) is 3.49. The molecule has 0 radical (unpaired) electrons. The maximum atomic E-state index is 2.39. The first-order valence-corrected chi connectivity index (χ1v) is 8.53. The molecule has 0 aromatic heterocycles. The fraction of sp³-hybridized carbons (Fsp3) is 0.0833. The predicted octanol–water partition coefficient (Wildman–Crippen LogP) is 6.47. The lowest BCUT2D eigenvalue weighted by molar-refractivity contribution is 1.06. The van der Waals surface area contributed by atoms with Gasteiger partial charge in [-0.05, 0) is 46.3 Å². The molecule has 4 rings (SSSR count). The Kier molecular flexibility index (Phi) is 4.12. The molecule has 0 amide bonds. The van der Waals surface area contributed by atoms with Gasteiger partial charge in [0.25, 0.3) is 0 Å². The summed E-state index contributed by atoms with van der Waals surface area (Å²) in [6.07, 6.45) is 4.57. The summed E-state index contributed by atoms with van der Waals surface area (Å²) in [6, 6.07) is 32.3. The molecule has 24 heavy (non-hydrogen) atoms. The summed E-state index contributed by atoms with van der Waals surface area (Å²) in [5.74, 6) is 0. The van der Waals surface area contributed by atoms with Gasteiger partial charge in [-0.25, -0.2) is 0 Å². The number of hydrogen-bond acceptors (Lipinski definition) is 0. The van der Waals surface area contributed by atoms with Gasteiger partial charge in [-0.3, -0.25) is 0 Å². The van der Waals surface area contributed by atoms with E-state index in [9.17, 15) is 0 Å². The van der Waals surface area contributed by atoms with E-state index in [0.29, 0.717) is 0 Å². The monoisotopic (exact) mass is 308 g/mol. The highest BCUT2D eigenvalue weighted by molar-refractivity contribution is 6.15. The molecule has 0 saturated heterocycles. The predicted molar refractivity (Wildman–Crippen MR) is 103 cm³/mol. The second kappa shape index (κ2) is 6.72. The van der Waals surface area contributed by atoms with Crippen molar-refractivity contribution in [2.45, 2.75) is 12.8 Å². The van der Waals surface area contributed by atoms with Crippen LogP contribution in [0.15, 0.2) is 97.1 Å². The zero-order chi connectivity index (χ0) is 16.2. The molecule has 0 aliphatic heterocycles. The summed E-state index contributed by atoms with van der Waals surface area (Å²) in [5, 5.41) is 0. The van der Waals surface area contributed by atoms with E-state index in [1.165, 1.54) is 33.4 Å². The smallest absolute Gasteiger partial charge is 0.00704 e. The Balaban J connectivity index is 1.95. The highest BCUT2D eigenvalue weighted by Gasteiger charge is 2.19. The maximum absolute atomic E-state index is 2.39. The van der Waals surface area contributed by atoms with E-state index in [-0.39, 0.29) is 0 Å². The van der Waals surface area contributed by atoms with E-state index in [1.54, 1.807) is 0 Å². The van der Waals surface area contributed by atoms with E-state index in [0.717, 1.165) is 12.8 Å². The molecule has 0 bridgehead atoms. The van der Waals surface area contributed by atoms with Crippen LogP contribution in [0.25, 0.3) is 16.7 Å². The summed E-state index contributed by atoms with van der Waals surface area (Å²) in [7, 11) is 0. The van der Waals surface area contributed by atoms with Crippen molar-refractivity contribution in [2.75, 3.05) is 0 Å². The zero-order valence-corrected chi connectivity index (χ0v) is 13.7. The number of benzene rings is 3. The van der Waals surface area contributed by atoms with Gasteiger partial charge in [0, 0.05) is 0 Å². The summed E-state index contributed by atoms with van der Waals surface area (Å²) in [4.78, 5) is 0. The number of allylic oxidation sites excluding steroid dienone is 4. The summed E-state index contributed by atoms with van der Waals surface area (Å²) in [5.41, 5.74) is 8.10. The van der Waals surface area contributed by atoms with Crippen molar-refractivity contribution in [3.8, 4) is 0 Å². The van der Waals surface area contributed by atoms with Crippen molar-refractivity contribution in [3.05, 3.63) is 114 Å². The molecule has 0 saturated carbocycles. The Labute approximate surface area is 143 Å². The Morgan fingerprint density at radius 1 is 0.500 bits per heavy atom. The molecule has 0 spiro atoms. The molecule has 3 aromatic carbocycles. The molecular weight excluding hydrogens is 288 g/mol. The normalized spacial score (nSPS) is 14.4. The molecule has 0 N–H and O–H groups in total. The summed E-state index contributed by atoms with van der Waals surface area (Å²) >= 11 is 0. The van der Waals surface area contributed by atoms with Gasteiger partial charge in [-0.1, -0.05) is 97.1 Å². The summed E-state index contributed by atoms with van der Waals surface area (Å²) < 4.78 is 0. The van der Waals surface area contributed by atoms with Crippen LogP contribution in [0.2, 0.25) is 0 Å². The van der Waals surface area contributed by atoms with Crippen LogP contribution >= 0.6 is 0 Å². The second-order valence-corrected chi connectivity index (χ2v) is 6.11. The Bertz CT molecular complexity index is 869. The lowest BCUT2D eigenvalue weighted by Gasteiger charge is -2.23. The molecule has 3 aromatic rings. The third-order valence-corrected chi connectivity index (χ3v) is 4.58. The van der Waals surface area contributed by atoms with Crippen LogP contribution in [0.3, 0.4) is 0 Å². The van der Waals surface area contributed by atoms with Gasteiger partial charge < -0.3 is 0 Å². The Morgan fingerprint density at radius 2 is 1.00 bits per heavy atom. The molecule has 0 heterocycles. The van der Waals surface area contributed by atoms with Crippen molar-refractivity contribution in [2.24, 2.45) is 0 Å². The van der Waals surface area contributed by atoms with Crippen molar-refractivity contribution < 1.29 is 0 Å². The third kappa shape index (κ3) is 2.83. The third-order valence-electron chi connectivity index (χ3n) is 4.58. The lowest BCUT2D eigenvalue weighted by atomic mass is 9.80. The van der Waals surface area contributed by atoms with Crippen molar-refractivity contribution >= 4 is 16.7 Å². The van der Waals surface area contributed by atoms with Crippen molar-refractivity contribution in [1.29, 1.82) is 0 Å². The first kappa shape index (κ1) is 14.7. The molecule has 0 heteroatoms. The van der Waals surface area contributed by atoms with Crippen molar-refractivity contribution in [3.63, 3.8) is 0 Å². The van der Waals surface area contributed by atoms with E-state index < -0.39 is 0 Å². The van der Waals surface area contributed by atoms with Crippen LogP contribution in [0.5, 0.6) is 0 Å². The zero-order valence-electron chi connectivity index (χ0n) is 13.7. The molecule has 1 aliphatic carbocycles. The van der Waals surface area contributed by atoms with Crippen LogP contribution in [0.4, 0.5) is 0 Å². The van der Waals surface area contributed by atoms with Gasteiger partial charge >= 0.3 is 0 Å². The van der Waals surface area contributed by atoms with Gasteiger partial charge in [-0.15, -0.1) is 0 Å². The molecule has 116 valence electrons. The topological polar surface area (TPSA) is 0 Å². The van der Waals surface area contributed by atoms with E-state index in [4.69, 9.17) is 0 Å². The minimum absolute atomic E-state index is 1.09. The minimum atomic E-state index is 1.09. The molecule has 0 unspecified atom stereocenters. The minimum Gasteiger partial charge on any atom is -0.0757 e. The first-order chi connectivity index (χ1) is 11.9. The maximum Gasteiger partial charge on any atom is -0.00704 e. The van der Waals surface area contributed by atoms with Gasteiger partial charge in [0.15, 0.2) is 0 Å². The standard InChI is InChI=1S/C24H20/c1-4-11-19(12-5-1)22-17-10-18-23(20-13-6-2-7-14-20)24(22)21-15-8-3-9-16-21/h1-9,11-17H,10,18H2. The van der Waals surface area contributed by atoms with Gasteiger partial charge in [0.05, 0.1) is 0 Å². The van der Waals surface area contributed by atoms with Crippen LogP contribution in [-0.2, 0) is 0 Å². The van der Waals surface area contributed by atoms with Gasteiger partial charge in [0.2, 0.25) is 0 Å². The number of rotatable bonds is 3. The van der Waals surface area contributed by atoms with Crippen molar-refractivity contribution in [1.82, 2.24) is 0 Å². The number of hydrogen-bond donors (Lipinski definition) is 0. The lowest BCUT2D eigenvalue weighted by Crippen LogP contribution is -2.01. The van der Waals surface area contributed by atoms with Crippen LogP contribution in [0.1, 0.15) is 29.5 Å². The van der Waals surface area contributed by atoms with E-state index >= 15 is 0 Å². The quantitative estimate of drug-likeness (QED) is 0.520. The highest BCUT2D eigenvalue weighted by Crippen LogP contribution is 2.42. The second-order valence-electron chi connectivity index (χ2n) is 6.11. The highest BCUT2D eigenvalue weighted by atomic mass is 14.2. The summed E-state index contributed by atoms with van der Waals surface area (Å²) in [6.45, 7) is 0. The SMILES string of the molecule is C1=C(c2ccccc2)C(c2ccccc2)=C(c2ccccc2)CC1. The molecular formula is C24H20. The Morgan fingerprint density at radius 3 is 1.58 bits per heavy atom. The van der Waals surface area contributed by atoms with E-state index in [2.05, 4.69) is 97.1 Å². The Hall–Kier alpha value is -2.86. The fourth-order valence-corrected chi connectivity index (χ4v) is 3.49. The molecule has 0 atom stereocenters. The molecule has 1 aliphatic rings. The van der Waals surface area contributed by atoms with Crippen LogP contribution in [0, 0.1) is 0 Å². The van der Waals surface area contributed by atoms with E-state index in [1.807, 2.05) is 0 Å². The largest absolute Gasteiger partial charge is 0.0757 e. The molecule has 0 fully saturated rings. The van der Waals surface area contributed by atoms with Crippen LogP contribution < -0.4 is 0 Å². The van der Waals surface area contributed by atoms with Gasteiger partial charge in [-0.2, -0.15) is 0 Å².